The number of halogens is 2. The van der Waals surface area contributed by atoms with Crippen molar-refractivity contribution in [2.45, 2.75) is 19.3 Å². The van der Waals surface area contributed by atoms with Gasteiger partial charge in [0, 0.05) is 42.6 Å². The van der Waals surface area contributed by atoms with Crippen molar-refractivity contribution < 1.29 is 14.0 Å². The zero-order valence-electron chi connectivity index (χ0n) is 22.5. The Bertz CT molecular complexity index is 1650. The van der Waals surface area contributed by atoms with Crippen LogP contribution >= 0.6 is 11.6 Å². The Labute approximate surface area is 241 Å². The van der Waals surface area contributed by atoms with E-state index in [0.29, 0.717) is 41.3 Å². The molecule has 3 heterocycles. The second-order valence-electron chi connectivity index (χ2n) is 10.4. The van der Waals surface area contributed by atoms with Crippen molar-refractivity contribution in [1.82, 2.24) is 19.7 Å². The van der Waals surface area contributed by atoms with Crippen LogP contribution in [0.25, 0.3) is 16.9 Å². The number of likely N-dealkylation sites (N-methyl/N-ethyl adjacent to an activating group) is 1. The first-order valence-electron chi connectivity index (χ1n) is 13.5. The van der Waals surface area contributed by atoms with Gasteiger partial charge in [0.05, 0.1) is 22.0 Å². The fourth-order valence-electron chi connectivity index (χ4n) is 5.53. The van der Waals surface area contributed by atoms with Gasteiger partial charge in [-0.3, -0.25) is 9.59 Å². The highest BCUT2D eigenvalue weighted by Gasteiger charge is 2.28. The van der Waals surface area contributed by atoms with E-state index in [1.807, 2.05) is 18.2 Å². The SMILES string of the molecule is CN1CCCN(c2cc(C(=O)Nc3ccc4c(c3)-c3c(c(C(N)=O)nn3-c3ccc(F)cc3)CC4)c(Cl)cn2)CC1. The molecule has 2 aromatic carbocycles. The van der Waals surface area contributed by atoms with Gasteiger partial charge >= 0.3 is 0 Å². The lowest BCUT2D eigenvalue weighted by atomic mass is 9.88. The third-order valence-electron chi connectivity index (χ3n) is 7.68. The van der Waals surface area contributed by atoms with E-state index in [-0.39, 0.29) is 22.4 Å². The first-order chi connectivity index (χ1) is 19.8. The molecule has 11 heteroatoms. The predicted octanol–water partition coefficient (Wildman–Crippen LogP) is 4.32. The maximum Gasteiger partial charge on any atom is 0.269 e. The van der Waals surface area contributed by atoms with Crippen LogP contribution in [-0.4, -0.2) is 64.7 Å². The van der Waals surface area contributed by atoms with Crippen LogP contribution in [0.2, 0.25) is 5.02 Å². The molecule has 0 unspecified atom stereocenters. The number of nitrogens with zero attached hydrogens (tertiary/aromatic N) is 5. The molecule has 210 valence electrons. The topological polar surface area (TPSA) is 109 Å². The van der Waals surface area contributed by atoms with Gasteiger partial charge in [0.25, 0.3) is 11.8 Å². The molecule has 9 nitrogen and oxygen atoms in total. The summed E-state index contributed by atoms with van der Waals surface area (Å²) < 4.78 is 15.3. The van der Waals surface area contributed by atoms with Crippen LogP contribution in [0.1, 0.15) is 38.4 Å². The number of nitrogens with two attached hydrogens (primary N) is 1. The summed E-state index contributed by atoms with van der Waals surface area (Å²) in [7, 11) is 2.10. The number of rotatable bonds is 5. The number of anilines is 2. The lowest BCUT2D eigenvalue weighted by Gasteiger charge is -2.22. The lowest BCUT2D eigenvalue weighted by molar-refractivity contribution is 0.0992. The first kappa shape index (κ1) is 26.9. The fraction of sp³-hybridized carbons (Fsp3) is 0.267. The van der Waals surface area contributed by atoms with Crippen LogP contribution in [0.15, 0.2) is 54.7 Å². The highest BCUT2D eigenvalue weighted by Crippen LogP contribution is 2.38. The largest absolute Gasteiger partial charge is 0.364 e. The van der Waals surface area contributed by atoms with Crippen molar-refractivity contribution in [2.75, 3.05) is 43.4 Å². The summed E-state index contributed by atoms with van der Waals surface area (Å²) in [4.78, 5) is 34.7. The zero-order chi connectivity index (χ0) is 28.7. The van der Waals surface area contributed by atoms with Gasteiger partial charge in [-0.25, -0.2) is 14.1 Å². The summed E-state index contributed by atoms with van der Waals surface area (Å²) in [5.74, 6) is -0.649. The maximum absolute atomic E-state index is 13.7. The van der Waals surface area contributed by atoms with E-state index in [1.165, 1.54) is 18.3 Å². The third-order valence-corrected chi connectivity index (χ3v) is 7.99. The molecule has 6 rings (SSSR count). The summed E-state index contributed by atoms with van der Waals surface area (Å²) >= 11 is 6.43. The Hall–Kier alpha value is -4.28. The van der Waals surface area contributed by atoms with E-state index < -0.39 is 5.91 Å². The molecule has 1 fully saturated rings. The van der Waals surface area contributed by atoms with E-state index in [0.717, 1.165) is 49.3 Å². The maximum atomic E-state index is 13.7. The first-order valence-corrected chi connectivity index (χ1v) is 13.9. The summed E-state index contributed by atoms with van der Waals surface area (Å²) in [6.45, 7) is 3.59. The lowest BCUT2D eigenvalue weighted by Crippen LogP contribution is -2.29. The van der Waals surface area contributed by atoms with Gasteiger partial charge in [-0.05, 0) is 80.9 Å². The Morgan fingerprint density at radius 2 is 1.83 bits per heavy atom. The Morgan fingerprint density at radius 3 is 2.61 bits per heavy atom. The molecule has 1 saturated heterocycles. The number of fused-ring (bicyclic) bond motifs is 3. The van der Waals surface area contributed by atoms with Gasteiger partial charge in [-0.2, -0.15) is 5.10 Å². The number of amides is 2. The van der Waals surface area contributed by atoms with Crippen molar-refractivity contribution in [3.05, 3.63) is 88.0 Å². The van der Waals surface area contributed by atoms with Crippen LogP contribution in [0.5, 0.6) is 0 Å². The van der Waals surface area contributed by atoms with Crippen molar-refractivity contribution in [3.63, 3.8) is 0 Å². The second-order valence-corrected chi connectivity index (χ2v) is 10.8. The number of carbonyl (C=O) groups excluding carboxylic acids is 2. The third kappa shape index (κ3) is 5.28. The molecule has 1 aliphatic heterocycles. The van der Waals surface area contributed by atoms with Gasteiger partial charge in [0.15, 0.2) is 5.69 Å². The standard InChI is InChI=1S/C30H29ClFN7O2/c1-37-11-2-12-38(14-13-37)26-16-24(25(31)17-34-26)30(41)35-20-7-3-18-4-10-22-27(29(33)40)36-39(28(22)23(18)15-20)21-8-5-19(32)6-9-21/h3,5-9,15-17H,2,4,10-14H2,1H3,(H2,33,40)(H,35,41). The minimum atomic E-state index is -0.630. The zero-order valence-corrected chi connectivity index (χ0v) is 23.3. The highest BCUT2D eigenvalue weighted by molar-refractivity contribution is 6.34. The normalized spacial score (nSPS) is 15.1. The summed E-state index contributed by atoms with van der Waals surface area (Å²) in [5.41, 5.74) is 10.6. The van der Waals surface area contributed by atoms with Crippen LogP contribution < -0.4 is 16.0 Å². The molecule has 2 amide bonds. The van der Waals surface area contributed by atoms with E-state index >= 15 is 0 Å². The van der Waals surface area contributed by atoms with Crippen molar-refractivity contribution in [1.29, 1.82) is 0 Å². The fourth-order valence-corrected chi connectivity index (χ4v) is 5.72. The van der Waals surface area contributed by atoms with Gasteiger partial charge in [-0.15, -0.1) is 0 Å². The molecule has 1 aliphatic carbocycles. The van der Waals surface area contributed by atoms with Crippen LogP contribution in [0.3, 0.4) is 0 Å². The van der Waals surface area contributed by atoms with Gasteiger partial charge in [0.1, 0.15) is 11.6 Å². The number of benzene rings is 2. The summed E-state index contributed by atoms with van der Waals surface area (Å²) in [5, 5.41) is 7.75. The number of aryl methyl sites for hydroxylation is 1. The van der Waals surface area contributed by atoms with E-state index in [2.05, 4.69) is 32.2 Å². The monoisotopic (exact) mass is 573 g/mol. The van der Waals surface area contributed by atoms with Crippen molar-refractivity contribution in [3.8, 4) is 16.9 Å². The Kier molecular flexibility index (Phi) is 7.19. The predicted molar refractivity (Wildman–Crippen MR) is 156 cm³/mol. The second kappa shape index (κ2) is 10.9. The summed E-state index contributed by atoms with van der Waals surface area (Å²) in [6, 6.07) is 13.3. The molecule has 41 heavy (non-hydrogen) atoms. The number of hydrogen-bond acceptors (Lipinski definition) is 6. The van der Waals surface area contributed by atoms with Gasteiger partial charge in [0.2, 0.25) is 0 Å². The molecule has 0 atom stereocenters. The molecule has 0 bridgehead atoms. The minimum absolute atomic E-state index is 0.181. The van der Waals surface area contributed by atoms with E-state index in [1.54, 1.807) is 22.9 Å². The van der Waals surface area contributed by atoms with Gasteiger partial charge < -0.3 is 20.9 Å². The molecular weight excluding hydrogens is 545 g/mol. The molecule has 0 radical (unpaired) electrons. The van der Waals surface area contributed by atoms with Crippen molar-refractivity contribution >= 4 is 34.9 Å². The van der Waals surface area contributed by atoms with E-state index in [9.17, 15) is 14.0 Å². The molecule has 4 aromatic rings. The highest BCUT2D eigenvalue weighted by atomic mass is 35.5. The molecule has 0 spiro atoms. The molecule has 2 aliphatic rings. The number of carbonyl (C=O) groups is 2. The summed E-state index contributed by atoms with van der Waals surface area (Å²) in [6.07, 6.45) is 3.78. The minimum Gasteiger partial charge on any atom is -0.364 e. The molecule has 2 aromatic heterocycles. The average Bonchev–Trinajstić information content (AvgIpc) is 3.23. The number of aromatic nitrogens is 3. The van der Waals surface area contributed by atoms with E-state index in [4.69, 9.17) is 17.3 Å². The van der Waals surface area contributed by atoms with Crippen LogP contribution in [-0.2, 0) is 12.8 Å². The quantitative estimate of drug-likeness (QED) is 0.368. The number of primary amides is 1. The number of hydrogen-bond donors (Lipinski definition) is 2. The Morgan fingerprint density at radius 1 is 1.02 bits per heavy atom. The molecule has 3 N–H and O–H groups in total. The Balaban J connectivity index is 1.33. The molecular formula is C30H29ClFN7O2. The average molecular weight is 574 g/mol. The van der Waals surface area contributed by atoms with Gasteiger partial charge in [-0.1, -0.05) is 17.7 Å². The number of nitrogens with one attached hydrogen (secondary N) is 1. The molecule has 0 saturated carbocycles. The number of pyridine rings is 1. The van der Waals surface area contributed by atoms with Crippen molar-refractivity contribution in [2.24, 2.45) is 5.73 Å². The smallest absolute Gasteiger partial charge is 0.269 e. The van der Waals surface area contributed by atoms with Crippen LogP contribution in [0.4, 0.5) is 15.9 Å². The van der Waals surface area contributed by atoms with Crippen LogP contribution in [0, 0.1) is 5.82 Å².